The van der Waals surface area contributed by atoms with Crippen LogP contribution in [0.2, 0.25) is 0 Å². The van der Waals surface area contributed by atoms with Gasteiger partial charge in [-0.05, 0) is 30.2 Å². The van der Waals surface area contributed by atoms with E-state index in [0.29, 0.717) is 24.5 Å². The van der Waals surface area contributed by atoms with E-state index in [1.165, 1.54) is 24.0 Å². The van der Waals surface area contributed by atoms with Crippen LogP contribution < -0.4 is 15.1 Å². The van der Waals surface area contributed by atoms with Crippen LogP contribution in [0.25, 0.3) is 0 Å². The van der Waals surface area contributed by atoms with Crippen molar-refractivity contribution in [2.24, 2.45) is 0 Å². The highest BCUT2D eigenvalue weighted by molar-refractivity contribution is 5.90. The summed E-state index contributed by atoms with van der Waals surface area (Å²) in [6, 6.07) is 6.62. The zero-order chi connectivity index (χ0) is 18.7. The maximum atomic E-state index is 14.6. The summed E-state index contributed by atoms with van der Waals surface area (Å²) in [6.07, 6.45) is 1.21. The molecule has 2 aliphatic rings. The quantitative estimate of drug-likeness (QED) is 0.832. The molecule has 0 saturated carbocycles. The Labute approximate surface area is 150 Å². The van der Waals surface area contributed by atoms with Crippen molar-refractivity contribution in [3.63, 3.8) is 0 Å². The second-order valence-electron chi connectivity index (χ2n) is 6.29. The number of hydrogen-bond donors (Lipinski definition) is 1. The van der Waals surface area contributed by atoms with E-state index in [1.54, 1.807) is 12.1 Å². The molecule has 3 rings (SSSR count). The molecule has 0 aliphatic carbocycles. The molecule has 0 aromatic heterocycles. The molecule has 2 aliphatic heterocycles. The Morgan fingerprint density at radius 3 is 3.04 bits per heavy atom. The Hall–Kier alpha value is -3.08. The van der Waals surface area contributed by atoms with Crippen LogP contribution in [0, 0.1) is 17.1 Å². The van der Waals surface area contributed by atoms with E-state index in [0.717, 1.165) is 12.0 Å². The molecule has 7 nitrogen and oxygen atoms in total. The summed E-state index contributed by atoms with van der Waals surface area (Å²) in [5.41, 5.74) is 1.82. The van der Waals surface area contributed by atoms with Crippen LogP contribution in [0.5, 0.6) is 0 Å². The van der Waals surface area contributed by atoms with Crippen molar-refractivity contribution < 1.29 is 18.7 Å². The first-order valence-corrected chi connectivity index (χ1v) is 8.32. The average Bonchev–Trinajstić information content (AvgIpc) is 3.20. The van der Waals surface area contributed by atoms with Crippen molar-refractivity contribution in [3.05, 3.63) is 35.7 Å². The largest absolute Gasteiger partial charge is 0.442 e. The molecule has 0 unspecified atom stereocenters. The number of cyclic esters (lactones) is 1. The van der Waals surface area contributed by atoms with Crippen molar-refractivity contribution in [2.45, 2.75) is 19.4 Å². The van der Waals surface area contributed by atoms with E-state index in [2.05, 4.69) is 5.32 Å². The maximum absolute atomic E-state index is 14.6. The van der Waals surface area contributed by atoms with Gasteiger partial charge in [-0.2, -0.15) is 5.26 Å². The monoisotopic (exact) mass is 358 g/mol. The van der Waals surface area contributed by atoms with Crippen molar-refractivity contribution >= 4 is 23.4 Å². The topological polar surface area (TPSA) is 85.7 Å². The SMILES string of the molecule is CC(=O)NC[C@H]1CN(c2ccc(N3CC/C(=C\C#N)C3)c(F)c2)C(=O)O1. The van der Waals surface area contributed by atoms with Crippen LogP contribution in [0.3, 0.4) is 0 Å². The van der Waals surface area contributed by atoms with Gasteiger partial charge in [-0.1, -0.05) is 0 Å². The highest BCUT2D eigenvalue weighted by Gasteiger charge is 2.33. The second kappa shape index (κ2) is 7.44. The smallest absolute Gasteiger partial charge is 0.414 e. The molecular weight excluding hydrogens is 339 g/mol. The molecule has 1 aromatic rings. The summed E-state index contributed by atoms with van der Waals surface area (Å²) >= 11 is 0. The predicted octanol–water partition coefficient (Wildman–Crippen LogP) is 1.95. The number of hydrogen-bond acceptors (Lipinski definition) is 5. The normalized spacial score (nSPS) is 21.0. The number of carbonyl (C=O) groups is 2. The third-order valence-corrected chi connectivity index (χ3v) is 4.40. The summed E-state index contributed by atoms with van der Waals surface area (Å²) in [5, 5.41) is 11.3. The number of benzene rings is 1. The Bertz CT molecular complexity index is 802. The third-order valence-electron chi connectivity index (χ3n) is 4.40. The number of rotatable bonds is 4. The molecule has 0 spiro atoms. The molecule has 2 heterocycles. The van der Waals surface area contributed by atoms with E-state index in [4.69, 9.17) is 10.00 Å². The van der Waals surface area contributed by atoms with Gasteiger partial charge in [-0.3, -0.25) is 9.69 Å². The lowest BCUT2D eigenvalue weighted by Crippen LogP contribution is -2.33. The number of anilines is 2. The van der Waals surface area contributed by atoms with Crippen molar-refractivity contribution in [1.29, 1.82) is 5.26 Å². The fourth-order valence-corrected chi connectivity index (χ4v) is 3.11. The Morgan fingerprint density at radius 1 is 1.54 bits per heavy atom. The minimum Gasteiger partial charge on any atom is -0.442 e. The van der Waals surface area contributed by atoms with Gasteiger partial charge in [0.2, 0.25) is 5.91 Å². The van der Waals surface area contributed by atoms with E-state index in [-0.39, 0.29) is 19.0 Å². The van der Waals surface area contributed by atoms with Gasteiger partial charge in [0.05, 0.1) is 30.5 Å². The number of carbonyl (C=O) groups excluding carboxylic acids is 2. The summed E-state index contributed by atoms with van der Waals surface area (Å²) in [4.78, 5) is 26.2. The van der Waals surface area contributed by atoms with E-state index < -0.39 is 18.0 Å². The van der Waals surface area contributed by atoms with Crippen LogP contribution in [-0.2, 0) is 9.53 Å². The molecule has 1 atom stereocenters. The van der Waals surface area contributed by atoms with Crippen LogP contribution in [0.1, 0.15) is 13.3 Å². The number of nitrogens with zero attached hydrogens (tertiary/aromatic N) is 3. The Kier molecular flexibility index (Phi) is 5.07. The van der Waals surface area contributed by atoms with Crippen molar-refractivity contribution in [2.75, 3.05) is 36.0 Å². The summed E-state index contributed by atoms with van der Waals surface area (Å²) < 4.78 is 19.8. The molecule has 2 fully saturated rings. The molecule has 2 saturated heterocycles. The van der Waals surface area contributed by atoms with Gasteiger partial charge in [0.1, 0.15) is 11.9 Å². The molecular formula is C18H19FN4O3. The van der Waals surface area contributed by atoms with Crippen LogP contribution >= 0.6 is 0 Å². The number of halogens is 1. The Morgan fingerprint density at radius 2 is 2.35 bits per heavy atom. The van der Waals surface area contributed by atoms with Crippen molar-refractivity contribution in [3.8, 4) is 6.07 Å². The first-order chi connectivity index (χ1) is 12.5. The minimum atomic E-state index is -0.562. The summed E-state index contributed by atoms with van der Waals surface area (Å²) in [7, 11) is 0. The number of nitrogens with one attached hydrogen (secondary N) is 1. The standard InChI is InChI=1S/C18H19FN4O3/c1-12(24)21-9-15-11-23(18(25)26-15)14-2-3-17(16(19)8-14)22-7-5-13(10-22)4-6-20/h2-4,8,15H,5,7,9-11H2,1H3,(H,21,24)/b13-4+/t15-/m0/s1. The van der Waals surface area contributed by atoms with Crippen LogP contribution in [0.15, 0.2) is 29.8 Å². The van der Waals surface area contributed by atoms with Crippen LogP contribution in [-0.4, -0.2) is 44.3 Å². The predicted molar refractivity (Wildman–Crippen MR) is 93.2 cm³/mol. The summed E-state index contributed by atoms with van der Waals surface area (Å²) in [6.45, 7) is 3.03. The Balaban J connectivity index is 1.70. The molecule has 0 radical (unpaired) electrons. The zero-order valence-corrected chi connectivity index (χ0v) is 14.4. The highest BCUT2D eigenvalue weighted by Crippen LogP contribution is 2.30. The lowest BCUT2D eigenvalue weighted by Gasteiger charge is -2.20. The van der Waals surface area contributed by atoms with Gasteiger partial charge in [-0.15, -0.1) is 0 Å². The highest BCUT2D eigenvalue weighted by atomic mass is 19.1. The fraction of sp³-hybridized carbons (Fsp3) is 0.389. The summed E-state index contributed by atoms with van der Waals surface area (Å²) in [5.74, 6) is -0.635. The van der Waals surface area contributed by atoms with Gasteiger partial charge in [0, 0.05) is 26.1 Å². The average molecular weight is 358 g/mol. The van der Waals surface area contributed by atoms with Gasteiger partial charge < -0.3 is 15.0 Å². The number of allylic oxidation sites excluding steroid dienone is 1. The number of nitriles is 1. The first-order valence-electron chi connectivity index (χ1n) is 8.32. The molecule has 0 bridgehead atoms. The van der Waals surface area contributed by atoms with Gasteiger partial charge >= 0.3 is 6.09 Å². The molecule has 1 aromatic carbocycles. The lowest BCUT2D eigenvalue weighted by atomic mass is 10.2. The number of amides is 2. The first kappa shape index (κ1) is 17.7. The second-order valence-corrected chi connectivity index (χ2v) is 6.29. The maximum Gasteiger partial charge on any atom is 0.414 e. The molecule has 2 amide bonds. The third kappa shape index (κ3) is 3.77. The minimum absolute atomic E-state index is 0.203. The van der Waals surface area contributed by atoms with Crippen LogP contribution in [0.4, 0.5) is 20.6 Å². The molecule has 8 heteroatoms. The van der Waals surface area contributed by atoms with Gasteiger partial charge in [0.15, 0.2) is 0 Å². The van der Waals surface area contributed by atoms with Gasteiger partial charge in [-0.25, -0.2) is 9.18 Å². The van der Waals surface area contributed by atoms with Gasteiger partial charge in [0.25, 0.3) is 0 Å². The molecule has 1 N–H and O–H groups in total. The van der Waals surface area contributed by atoms with E-state index in [1.807, 2.05) is 11.0 Å². The van der Waals surface area contributed by atoms with Crippen molar-refractivity contribution in [1.82, 2.24) is 5.32 Å². The van der Waals surface area contributed by atoms with E-state index >= 15 is 0 Å². The molecule has 136 valence electrons. The zero-order valence-electron chi connectivity index (χ0n) is 14.4. The van der Waals surface area contributed by atoms with E-state index in [9.17, 15) is 14.0 Å². The lowest BCUT2D eigenvalue weighted by molar-refractivity contribution is -0.119. The fourth-order valence-electron chi connectivity index (χ4n) is 3.11. The number of ether oxygens (including phenoxy) is 1. The molecule has 26 heavy (non-hydrogen) atoms.